The van der Waals surface area contributed by atoms with Gasteiger partial charge in [-0.05, 0) is 61.1 Å². The van der Waals surface area contributed by atoms with Gasteiger partial charge in [0, 0.05) is 29.3 Å². The van der Waals surface area contributed by atoms with Crippen molar-refractivity contribution < 1.29 is 18.3 Å². The lowest BCUT2D eigenvalue weighted by Crippen LogP contribution is -2.64. The lowest BCUT2D eigenvalue weighted by Gasteiger charge is -2.61. The van der Waals surface area contributed by atoms with Gasteiger partial charge in [0.2, 0.25) is 6.41 Å². The SMILES string of the molecule is CC(CN1CC[C@@]2(C)c3cccc(NC=O)c3C[C@@H]1C2(C)C)OCc1c(F)cccc1F. The van der Waals surface area contributed by atoms with Crippen LogP contribution in [0, 0.1) is 17.0 Å². The topological polar surface area (TPSA) is 41.6 Å². The third-order valence-electron chi connectivity index (χ3n) is 8.04. The Balaban J connectivity index is 1.54. The molecule has 172 valence electrons. The highest BCUT2D eigenvalue weighted by Gasteiger charge is 2.56. The molecular formula is C26H32F2N2O2. The summed E-state index contributed by atoms with van der Waals surface area (Å²) >= 11 is 0. The summed E-state index contributed by atoms with van der Waals surface area (Å²) in [5.74, 6) is -1.16. The summed E-state index contributed by atoms with van der Waals surface area (Å²) in [5.41, 5.74) is 3.38. The second-order valence-corrected chi connectivity index (χ2v) is 9.93. The minimum absolute atomic E-state index is 0.00934. The van der Waals surface area contributed by atoms with Crippen LogP contribution >= 0.6 is 0 Å². The number of fused-ring (bicyclic) bond motifs is 4. The Morgan fingerprint density at radius 3 is 2.56 bits per heavy atom. The predicted molar refractivity (Wildman–Crippen MR) is 122 cm³/mol. The molecule has 0 saturated carbocycles. The number of carbonyl (C=O) groups excluding carboxylic acids is 1. The molecule has 2 aliphatic rings. The number of hydrogen-bond acceptors (Lipinski definition) is 3. The lowest BCUT2D eigenvalue weighted by molar-refractivity contribution is -0.105. The molecule has 1 heterocycles. The number of anilines is 1. The fourth-order valence-corrected chi connectivity index (χ4v) is 5.75. The lowest BCUT2D eigenvalue weighted by atomic mass is 9.51. The molecule has 0 spiro atoms. The van der Waals surface area contributed by atoms with E-state index in [4.69, 9.17) is 4.74 Å². The van der Waals surface area contributed by atoms with Crippen molar-refractivity contribution in [2.45, 2.75) is 64.7 Å². The number of piperidine rings is 1. The fraction of sp³-hybridized carbons (Fsp3) is 0.500. The monoisotopic (exact) mass is 442 g/mol. The van der Waals surface area contributed by atoms with Crippen LogP contribution in [0.2, 0.25) is 0 Å². The van der Waals surface area contributed by atoms with E-state index in [-0.39, 0.29) is 35.1 Å². The Hall–Kier alpha value is -2.31. The third-order valence-corrected chi connectivity index (χ3v) is 8.04. The molecule has 4 rings (SSSR count). The molecule has 4 nitrogen and oxygen atoms in total. The molecule has 0 aromatic heterocycles. The molecule has 3 atom stereocenters. The predicted octanol–water partition coefficient (Wildman–Crippen LogP) is 5.05. The molecule has 1 aliphatic heterocycles. The van der Waals surface area contributed by atoms with Crippen LogP contribution in [-0.4, -0.2) is 36.5 Å². The summed E-state index contributed by atoms with van der Waals surface area (Å²) in [7, 11) is 0. The first-order valence-electron chi connectivity index (χ1n) is 11.3. The first kappa shape index (κ1) is 22.9. The van der Waals surface area contributed by atoms with E-state index in [1.54, 1.807) is 0 Å². The Labute approximate surface area is 189 Å². The van der Waals surface area contributed by atoms with E-state index < -0.39 is 11.6 Å². The van der Waals surface area contributed by atoms with Crippen LogP contribution < -0.4 is 5.32 Å². The van der Waals surface area contributed by atoms with Gasteiger partial charge in [-0.2, -0.15) is 0 Å². The number of halogens is 2. The van der Waals surface area contributed by atoms with Crippen LogP contribution in [-0.2, 0) is 28.0 Å². The summed E-state index contributed by atoms with van der Waals surface area (Å²) in [6.07, 6.45) is 2.38. The summed E-state index contributed by atoms with van der Waals surface area (Å²) in [6.45, 7) is 10.5. The van der Waals surface area contributed by atoms with E-state index in [9.17, 15) is 13.6 Å². The minimum Gasteiger partial charge on any atom is -0.372 e. The molecule has 2 aromatic rings. The van der Waals surface area contributed by atoms with Crippen molar-refractivity contribution in [3.63, 3.8) is 0 Å². The molecule has 1 unspecified atom stereocenters. The number of nitrogens with one attached hydrogen (secondary N) is 1. The standard InChI is InChI=1S/C26H32F2N2O2/c1-17(32-15-19-21(27)8-6-9-22(19)28)14-30-12-11-26(4)20-7-5-10-23(29-16-31)18(20)13-24(30)25(26,2)3/h5-10,16-17,24H,11-15H2,1-4H3,(H,29,31)/t17?,24-,26+/m1/s1. The van der Waals surface area contributed by atoms with Gasteiger partial charge in [0.15, 0.2) is 0 Å². The average Bonchev–Trinajstić information content (AvgIpc) is 2.73. The molecule has 2 aromatic carbocycles. The first-order valence-corrected chi connectivity index (χ1v) is 11.3. The minimum atomic E-state index is -0.578. The largest absolute Gasteiger partial charge is 0.372 e. The Morgan fingerprint density at radius 2 is 1.88 bits per heavy atom. The number of likely N-dealkylation sites (tertiary alicyclic amines) is 1. The molecule has 1 N–H and O–H groups in total. The van der Waals surface area contributed by atoms with Crippen molar-refractivity contribution in [1.29, 1.82) is 0 Å². The van der Waals surface area contributed by atoms with Crippen molar-refractivity contribution in [2.24, 2.45) is 5.41 Å². The van der Waals surface area contributed by atoms with Crippen LogP contribution in [0.1, 0.15) is 50.8 Å². The van der Waals surface area contributed by atoms with Gasteiger partial charge in [-0.3, -0.25) is 9.69 Å². The first-order chi connectivity index (χ1) is 15.2. The second kappa shape index (κ2) is 8.56. The number of amides is 1. The number of ether oxygens (including phenoxy) is 1. The van der Waals surface area contributed by atoms with Gasteiger partial charge in [0.25, 0.3) is 0 Å². The van der Waals surface area contributed by atoms with Crippen LogP contribution in [0.4, 0.5) is 14.5 Å². The zero-order valence-electron chi connectivity index (χ0n) is 19.3. The summed E-state index contributed by atoms with van der Waals surface area (Å²) in [5, 5.41) is 2.88. The highest BCUT2D eigenvalue weighted by atomic mass is 19.1. The van der Waals surface area contributed by atoms with Crippen LogP contribution in [0.15, 0.2) is 36.4 Å². The van der Waals surface area contributed by atoms with Crippen molar-refractivity contribution in [2.75, 3.05) is 18.4 Å². The van der Waals surface area contributed by atoms with Crippen molar-refractivity contribution >= 4 is 12.1 Å². The average molecular weight is 443 g/mol. The number of hydrogen-bond donors (Lipinski definition) is 1. The maximum atomic E-state index is 14.0. The maximum Gasteiger partial charge on any atom is 0.211 e. The summed E-state index contributed by atoms with van der Waals surface area (Å²) < 4.78 is 33.8. The molecule has 32 heavy (non-hydrogen) atoms. The zero-order chi connectivity index (χ0) is 23.1. The number of nitrogens with zero attached hydrogens (tertiary/aromatic N) is 1. The van der Waals surface area contributed by atoms with E-state index in [1.165, 1.54) is 29.3 Å². The van der Waals surface area contributed by atoms with Gasteiger partial charge < -0.3 is 10.1 Å². The third kappa shape index (κ3) is 3.73. The molecule has 1 amide bonds. The Morgan fingerprint density at radius 1 is 1.19 bits per heavy atom. The molecule has 0 radical (unpaired) electrons. The van der Waals surface area contributed by atoms with Gasteiger partial charge in [0.1, 0.15) is 11.6 Å². The summed E-state index contributed by atoms with van der Waals surface area (Å²) in [6, 6.07) is 10.3. The van der Waals surface area contributed by atoms with E-state index >= 15 is 0 Å². The number of rotatable bonds is 7. The van der Waals surface area contributed by atoms with E-state index in [0.717, 1.165) is 31.5 Å². The fourth-order valence-electron chi connectivity index (χ4n) is 5.75. The Bertz CT molecular complexity index is 989. The van der Waals surface area contributed by atoms with Crippen molar-refractivity contribution in [3.05, 3.63) is 64.7 Å². The van der Waals surface area contributed by atoms with Gasteiger partial charge in [-0.15, -0.1) is 0 Å². The van der Waals surface area contributed by atoms with Crippen LogP contribution in [0.25, 0.3) is 0 Å². The van der Waals surface area contributed by atoms with E-state index in [0.29, 0.717) is 6.54 Å². The van der Waals surface area contributed by atoms with Crippen molar-refractivity contribution in [3.8, 4) is 0 Å². The molecule has 6 heteroatoms. The van der Waals surface area contributed by atoms with Gasteiger partial charge >= 0.3 is 0 Å². The quantitative estimate of drug-likeness (QED) is 0.610. The van der Waals surface area contributed by atoms with Gasteiger partial charge in [-0.25, -0.2) is 8.78 Å². The molecular weight excluding hydrogens is 410 g/mol. The van der Waals surface area contributed by atoms with Crippen molar-refractivity contribution in [1.82, 2.24) is 4.90 Å². The number of benzene rings is 2. The van der Waals surface area contributed by atoms with Crippen LogP contribution in [0.5, 0.6) is 0 Å². The Kier molecular flexibility index (Phi) is 6.12. The zero-order valence-corrected chi connectivity index (χ0v) is 19.3. The molecule has 1 saturated heterocycles. The maximum absolute atomic E-state index is 14.0. The highest BCUT2D eigenvalue weighted by molar-refractivity contribution is 5.75. The smallest absolute Gasteiger partial charge is 0.211 e. The van der Waals surface area contributed by atoms with Gasteiger partial charge in [0.05, 0.1) is 12.7 Å². The highest BCUT2D eigenvalue weighted by Crippen LogP contribution is 2.56. The molecule has 1 aliphatic carbocycles. The molecule has 1 fully saturated rings. The molecule has 2 bridgehead atoms. The van der Waals surface area contributed by atoms with Gasteiger partial charge in [-0.1, -0.05) is 39.0 Å². The van der Waals surface area contributed by atoms with Crippen LogP contribution in [0.3, 0.4) is 0 Å². The van der Waals surface area contributed by atoms with E-state index in [2.05, 4.69) is 37.1 Å². The van der Waals surface area contributed by atoms with E-state index in [1.807, 2.05) is 19.1 Å². The second-order valence-electron chi connectivity index (χ2n) is 9.93. The normalized spacial score (nSPS) is 25.1. The summed E-state index contributed by atoms with van der Waals surface area (Å²) in [4.78, 5) is 13.6. The number of carbonyl (C=O) groups is 1.